The van der Waals surface area contributed by atoms with Crippen molar-refractivity contribution in [3.05, 3.63) is 33.0 Å². The molecule has 1 aromatic rings. The lowest BCUT2D eigenvalue weighted by atomic mass is 10.1. The maximum Gasteiger partial charge on any atom is 0.148 e. The summed E-state index contributed by atoms with van der Waals surface area (Å²) in [5.41, 5.74) is 0.147. The van der Waals surface area contributed by atoms with E-state index in [0.29, 0.717) is 4.47 Å². The van der Waals surface area contributed by atoms with Crippen molar-refractivity contribution in [2.24, 2.45) is 0 Å². The number of halogens is 3. The largest absolute Gasteiger partial charge is 0.386 e. The molecule has 5 heteroatoms. The average molecular weight is 312 g/mol. The lowest BCUT2D eigenvalue weighted by molar-refractivity contribution is 0.00360. The highest BCUT2D eigenvalue weighted by Gasteiger charge is 2.17. The van der Waals surface area contributed by atoms with Gasteiger partial charge in [-0.1, -0.05) is 17.7 Å². The molecule has 0 aliphatic carbocycles. The van der Waals surface area contributed by atoms with E-state index in [2.05, 4.69) is 15.9 Å². The van der Waals surface area contributed by atoms with Gasteiger partial charge in [-0.3, -0.25) is 0 Å². The SMILES string of the molecule is CC(C)OCC(O)c1ccc(Br)c(Cl)c1F. The van der Waals surface area contributed by atoms with Crippen molar-refractivity contribution in [1.82, 2.24) is 0 Å². The maximum absolute atomic E-state index is 13.7. The van der Waals surface area contributed by atoms with Crippen LogP contribution in [0.2, 0.25) is 5.02 Å². The van der Waals surface area contributed by atoms with Gasteiger partial charge in [-0.25, -0.2) is 4.39 Å². The number of rotatable bonds is 4. The molecule has 0 bridgehead atoms. The minimum absolute atomic E-state index is 0.0105. The van der Waals surface area contributed by atoms with Gasteiger partial charge in [0.05, 0.1) is 17.7 Å². The van der Waals surface area contributed by atoms with Gasteiger partial charge in [0, 0.05) is 10.0 Å². The fourth-order valence-corrected chi connectivity index (χ4v) is 1.65. The van der Waals surface area contributed by atoms with Gasteiger partial charge < -0.3 is 9.84 Å². The molecule has 1 rings (SSSR count). The lowest BCUT2D eigenvalue weighted by Gasteiger charge is -2.15. The zero-order valence-corrected chi connectivity index (χ0v) is 11.3. The minimum atomic E-state index is -1.01. The van der Waals surface area contributed by atoms with Crippen LogP contribution < -0.4 is 0 Å². The molecule has 0 aliphatic heterocycles. The number of aliphatic hydroxyl groups excluding tert-OH is 1. The summed E-state index contributed by atoms with van der Waals surface area (Å²) in [4.78, 5) is 0. The van der Waals surface area contributed by atoms with Crippen molar-refractivity contribution < 1.29 is 14.2 Å². The Balaban J connectivity index is 2.84. The van der Waals surface area contributed by atoms with Crippen molar-refractivity contribution in [2.75, 3.05) is 6.61 Å². The van der Waals surface area contributed by atoms with Gasteiger partial charge in [0.1, 0.15) is 11.9 Å². The van der Waals surface area contributed by atoms with Crippen LogP contribution in [-0.4, -0.2) is 17.8 Å². The van der Waals surface area contributed by atoms with Gasteiger partial charge >= 0.3 is 0 Å². The monoisotopic (exact) mass is 310 g/mol. The molecule has 0 saturated carbocycles. The summed E-state index contributed by atoms with van der Waals surface area (Å²) in [6.45, 7) is 3.74. The second-order valence-corrected chi connectivity index (χ2v) is 4.89. The normalized spacial score (nSPS) is 13.2. The van der Waals surface area contributed by atoms with Gasteiger partial charge in [0.25, 0.3) is 0 Å². The summed E-state index contributed by atoms with van der Waals surface area (Å²) in [7, 11) is 0. The first-order valence-electron chi connectivity index (χ1n) is 4.86. The predicted molar refractivity (Wildman–Crippen MR) is 65.2 cm³/mol. The maximum atomic E-state index is 13.7. The molecule has 0 heterocycles. The molecule has 0 spiro atoms. The second kappa shape index (κ2) is 5.96. The fraction of sp³-hybridized carbons (Fsp3) is 0.455. The van der Waals surface area contributed by atoms with Gasteiger partial charge in [-0.05, 0) is 35.8 Å². The molecule has 0 radical (unpaired) electrons. The Kier molecular flexibility index (Phi) is 5.18. The minimum Gasteiger partial charge on any atom is -0.386 e. The quantitative estimate of drug-likeness (QED) is 0.859. The second-order valence-electron chi connectivity index (χ2n) is 3.66. The van der Waals surface area contributed by atoms with E-state index in [1.165, 1.54) is 6.07 Å². The predicted octanol–water partition coefficient (Wildman–Crippen LogP) is 3.70. The summed E-state index contributed by atoms with van der Waals surface area (Å²) in [6.07, 6.45) is -1.02. The van der Waals surface area contributed by atoms with Crippen LogP contribution in [0.3, 0.4) is 0 Å². The Bertz CT molecular complexity index is 371. The molecule has 0 aromatic heterocycles. The van der Waals surface area contributed by atoms with Crippen LogP contribution in [0, 0.1) is 5.82 Å². The van der Waals surface area contributed by atoms with Crippen LogP contribution in [0.1, 0.15) is 25.5 Å². The van der Waals surface area contributed by atoms with Gasteiger partial charge in [0.15, 0.2) is 0 Å². The van der Waals surface area contributed by atoms with E-state index < -0.39 is 11.9 Å². The first-order chi connectivity index (χ1) is 7.43. The number of hydrogen-bond acceptors (Lipinski definition) is 2. The van der Waals surface area contributed by atoms with Gasteiger partial charge in [0.2, 0.25) is 0 Å². The Morgan fingerprint density at radius 2 is 2.12 bits per heavy atom. The molecule has 16 heavy (non-hydrogen) atoms. The Morgan fingerprint density at radius 1 is 1.50 bits per heavy atom. The Labute approximate surface area is 108 Å². The van der Waals surface area contributed by atoms with Crippen molar-refractivity contribution in [1.29, 1.82) is 0 Å². The fourth-order valence-electron chi connectivity index (χ4n) is 1.17. The van der Waals surface area contributed by atoms with Crippen LogP contribution in [0.4, 0.5) is 4.39 Å². The molecule has 1 atom stereocenters. The number of hydrogen-bond donors (Lipinski definition) is 1. The van der Waals surface area contributed by atoms with Crippen LogP contribution in [0.5, 0.6) is 0 Å². The lowest BCUT2D eigenvalue weighted by Crippen LogP contribution is -2.13. The van der Waals surface area contributed by atoms with E-state index in [-0.39, 0.29) is 23.3 Å². The zero-order valence-electron chi connectivity index (χ0n) is 9.01. The van der Waals surface area contributed by atoms with Crippen LogP contribution in [0.25, 0.3) is 0 Å². The molecular formula is C11H13BrClFO2. The van der Waals surface area contributed by atoms with Crippen molar-refractivity contribution in [3.63, 3.8) is 0 Å². The standard InChI is InChI=1S/C11H13BrClFO2/c1-6(2)16-5-9(15)7-3-4-8(12)10(13)11(7)14/h3-4,6,9,15H,5H2,1-2H3. The van der Waals surface area contributed by atoms with Gasteiger partial charge in [-0.2, -0.15) is 0 Å². The Morgan fingerprint density at radius 3 is 2.69 bits per heavy atom. The molecule has 0 amide bonds. The summed E-state index contributed by atoms with van der Waals surface area (Å²) in [5, 5.41) is 9.70. The summed E-state index contributed by atoms with van der Waals surface area (Å²) >= 11 is 8.82. The van der Waals surface area contributed by atoms with Gasteiger partial charge in [-0.15, -0.1) is 0 Å². The van der Waals surface area contributed by atoms with E-state index in [4.69, 9.17) is 16.3 Å². The van der Waals surface area contributed by atoms with Crippen molar-refractivity contribution in [3.8, 4) is 0 Å². The third kappa shape index (κ3) is 3.42. The smallest absolute Gasteiger partial charge is 0.148 e. The van der Waals surface area contributed by atoms with Crippen LogP contribution >= 0.6 is 27.5 Å². The molecule has 2 nitrogen and oxygen atoms in total. The summed E-state index contributed by atoms with van der Waals surface area (Å²) in [5.74, 6) is -0.615. The molecule has 1 unspecified atom stereocenters. The van der Waals surface area contributed by atoms with Crippen LogP contribution in [0.15, 0.2) is 16.6 Å². The highest BCUT2D eigenvalue weighted by Crippen LogP contribution is 2.30. The zero-order chi connectivity index (χ0) is 12.3. The third-order valence-corrected chi connectivity index (χ3v) is 3.27. The molecule has 1 N–H and O–H groups in total. The van der Waals surface area contributed by atoms with Crippen molar-refractivity contribution in [2.45, 2.75) is 26.1 Å². The average Bonchev–Trinajstić information content (AvgIpc) is 2.23. The van der Waals surface area contributed by atoms with E-state index in [9.17, 15) is 9.50 Å². The first kappa shape index (κ1) is 13.9. The Hall–Kier alpha value is -0.160. The molecule has 90 valence electrons. The molecule has 0 saturated heterocycles. The first-order valence-corrected chi connectivity index (χ1v) is 6.03. The molecule has 1 aromatic carbocycles. The molecule has 0 aliphatic rings. The number of benzene rings is 1. The molecule has 0 fully saturated rings. The number of ether oxygens (including phenoxy) is 1. The topological polar surface area (TPSA) is 29.5 Å². The summed E-state index contributed by atoms with van der Waals surface area (Å²) in [6, 6.07) is 3.08. The summed E-state index contributed by atoms with van der Waals surface area (Å²) < 4.78 is 19.3. The van der Waals surface area contributed by atoms with E-state index in [1.807, 2.05) is 13.8 Å². The van der Waals surface area contributed by atoms with E-state index in [0.717, 1.165) is 0 Å². The number of aliphatic hydroxyl groups is 1. The highest BCUT2D eigenvalue weighted by molar-refractivity contribution is 9.10. The molecular weight excluding hydrogens is 298 g/mol. The van der Waals surface area contributed by atoms with Crippen molar-refractivity contribution >= 4 is 27.5 Å². The van der Waals surface area contributed by atoms with Crippen LogP contribution in [-0.2, 0) is 4.74 Å². The third-order valence-electron chi connectivity index (χ3n) is 2.01. The highest BCUT2D eigenvalue weighted by atomic mass is 79.9. The van der Waals surface area contributed by atoms with E-state index >= 15 is 0 Å². The van der Waals surface area contributed by atoms with E-state index in [1.54, 1.807) is 6.07 Å².